The number of benzene rings is 1. The number of halogens is 3. The average molecular weight is 437 g/mol. The maximum absolute atomic E-state index is 6.38. The predicted molar refractivity (Wildman–Crippen MR) is 93.4 cm³/mol. The van der Waals surface area contributed by atoms with Gasteiger partial charge in [-0.3, -0.25) is 4.68 Å². The van der Waals surface area contributed by atoms with Gasteiger partial charge in [-0.05, 0) is 37.1 Å². The van der Waals surface area contributed by atoms with E-state index in [-0.39, 0.29) is 0 Å². The van der Waals surface area contributed by atoms with E-state index in [1.165, 1.54) is 0 Å². The van der Waals surface area contributed by atoms with Crippen LogP contribution in [0.5, 0.6) is 5.75 Å². The molecule has 2 rings (SSSR count). The molecule has 21 heavy (non-hydrogen) atoms. The predicted octanol–water partition coefficient (Wildman–Crippen LogP) is 5.36. The van der Waals surface area contributed by atoms with Crippen LogP contribution in [-0.4, -0.2) is 9.78 Å². The molecular weight excluding hydrogens is 419 g/mol. The van der Waals surface area contributed by atoms with Crippen molar-refractivity contribution in [1.82, 2.24) is 9.78 Å². The van der Waals surface area contributed by atoms with Gasteiger partial charge in [0, 0.05) is 16.3 Å². The summed E-state index contributed by atoms with van der Waals surface area (Å²) in [6.07, 6.45) is 0.824. The summed E-state index contributed by atoms with van der Waals surface area (Å²) in [6, 6.07) is 5.94. The van der Waals surface area contributed by atoms with Gasteiger partial charge in [-0.15, -0.1) is 0 Å². The van der Waals surface area contributed by atoms with Gasteiger partial charge in [0.15, 0.2) is 0 Å². The summed E-state index contributed by atoms with van der Waals surface area (Å²) in [5.74, 6) is 0.825. The Morgan fingerprint density at radius 3 is 2.71 bits per heavy atom. The quantitative estimate of drug-likeness (QED) is 0.571. The molecular formula is C15H17Br2ClN2O. The fraction of sp³-hybridized carbons (Fsp3) is 0.400. The first-order chi connectivity index (χ1) is 10.1. The Hall–Kier alpha value is -0.520. The van der Waals surface area contributed by atoms with E-state index in [4.69, 9.17) is 16.3 Å². The Morgan fingerprint density at radius 2 is 2.10 bits per heavy atom. The van der Waals surface area contributed by atoms with E-state index in [1.54, 1.807) is 0 Å². The standard InChI is InChI=1S/C15H17Br2ClN2O/c1-3-13-15(18)14(20(4-2)19-13)9-21-11-5-6-12(17)10(7-11)8-16/h5-7H,3-4,8-9H2,1-2H3. The van der Waals surface area contributed by atoms with E-state index in [1.807, 2.05) is 22.9 Å². The Bertz CT molecular complexity index is 628. The normalized spacial score (nSPS) is 10.9. The zero-order valence-electron chi connectivity index (χ0n) is 12.0. The highest BCUT2D eigenvalue weighted by molar-refractivity contribution is 9.10. The van der Waals surface area contributed by atoms with Crippen LogP contribution in [0, 0.1) is 0 Å². The van der Waals surface area contributed by atoms with E-state index in [2.05, 4.69) is 50.8 Å². The Kier molecular flexibility index (Phi) is 6.14. The highest BCUT2D eigenvalue weighted by atomic mass is 79.9. The summed E-state index contributed by atoms with van der Waals surface area (Å²) < 4.78 is 8.86. The molecule has 0 amide bonds. The summed E-state index contributed by atoms with van der Waals surface area (Å²) in [5.41, 5.74) is 3.00. The van der Waals surface area contributed by atoms with Gasteiger partial charge >= 0.3 is 0 Å². The molecule has 0 radical (unpaired) electrons. The van der Waals surface area contributed by atoms with Crippen molar-refractivity contribution >= 4 is 43.5 Å². The van der Waals surface area contributed by atoms with Gasteiger partial charge in [0.05, 0.1) is 16.4 Å². The molecule has 1 heterocycles. The number of nitrogens with zero attached hydrogens (tertiary/aromatic N) is 2. The van der Waals surface area contributed by atoms with Crippen LogP contribution in [-0.2, 0) is 24.9 Å². The first-order valence-electron chi connectivity index (χ1n) is 6.81. The number of aromatic nitrogens is 2. The van der Waals surface area contributed by atoms with Crippen molar-refractivity contribution < 1.29 is 4.74 Å². The SMILES string of the molecule is CCc1nn(CC)c(COc2ccc(Br)c(CBr)c2)c1Cl. The van der Waals surface area contributed by atoms with E-state index < -0.39 is 0 Å². The van der Waals surface area contributed by atoms with Crippen LogP contribution in [0.1, 0.15) is 30.8 Å². The average Bonchev–Trinajstić information content (AvgIpc) is 2.82. The topological polar surface area (TPSA) is 27.1 Å². The van der Waals surface area contributed by atoms with Gasteiger partial charge in [0.25, 0.3) is 0 Å². The lowest BCUT2D eigenvalue weighted by atomic mass is 10.2. The number of rotatable bonds is 6. The second-order valence-electron chi connectivity index (χ2n) is 4.55. The Morgan fingerprint density at radius 1 is 1.33 bits per heavy atom. The third-order valence-corrected chi connectivity index (χ3v) is 5.04. The molecule has 0 bridgehead atoms. The van der Waals surface area contributed by atoms with Gasteiger partial charge in [-0.1, -0.05) is 50.4 Å². The van der Waals surface area contributed by atoms with Crippen LogP contribution < -0.4 is 4.74 Å². The molecule has 0 N–H and O–H groups in total. The van der Waals surface area contributed by atoms with E-state index in [9.17, 15) is 0 Å². The van der Waals surface area contributed by atoms with Crippen molar-refractivity contribution in [3.8, 4) is 5.75 Å². The van der Waals surface area contributed by atoms with Crippen molar-refractivity contribution in [2.45, 2.75) is 38.8 Å². The van der Waals surface area contributed by atoms with Crippen molar-refractivity contribution in [1.29, 1.82) is 0 Å². The lowest BCUT2D eigenvalue weighted by Crippen LogP contribution is -2.06. The highest BCUT2D eigenvalue weighted by Gasteiger charge is 2.15. The second-order valence-corrected chi connectivity index (χ2v) is 6.35. The van der Waals surface area contributed by atoms with E-state index in [0.29, 0.717) is 6.61 Å². The smallest absolute Gasteiger partial charge is 0.131 e. The van der Waals surface area contributed by atoms with E-state index in [0.717, 1.165) is 50.5 Å². The molecule has 0 spiro atoms. The van der Waals surface area contributed by atoms with Crippen molar-refractivity contribution in [2.24, 2.45) is 0 Å². The first-order valence-corrected chi connectivity index (χ1v) is 9.11. The van der Waals surface area contributed by atoms with Gasteiger partial charge < -0.3 is 4.74 Å². The molecule has 0 atom stereocenters. The highest BCUT2D eigenvalue weighted by Crippen LogP contribution is 2.27. The molecule has 0 aliphatic rings. The number of hydrogen-bond acceptors (Lipinski definition) is 2. The summed E-state index contributed by atoms with van der Waals surface area (Å²) in [7, 11) is 0. The molecule has 0 unspecified atom stereocenters. The van der Waals surface area contributed by atoms with Gasteiger partial charge in [-0.25, -0.2) is 0 Å². The molecule has 0 fully saturated rings. The fourth-order valence-corrected chi connectivity index (χ4v) is 3.60. The van der Waals surface area contributed by atoms with Crippen molar-refractivity contribution in [3.05, 3.63) is 44.6 Å². The van der Waals surface area contributed by atoms with Gasteiger partial charge in [0.2, 0.25) is 0 Å². The van der Waals surface area contributed by atoms with Crippen LogP contribution in [0.2, 0.25) is 5.02 Å². The molecule has 0 aliphatic carbocycles. The lowest BCUT2D eigenvalue weighted by Gasteiger charge is -2.10. The summed E-state index contributed by atoms with van der Waals surface area (Å²) >= 11 is 13.4. The minimum atomic E-state index is 0.420. The fourth-order valence-electron chi connectivity index (χ4n) is 2.05. The number of alkyl halides is 1. The molecule has 114 valence electrons. The number of hydrogen-bond donors (Lipinski definition) is 0. The maximum Gasteiger partial charge on any atom is 0.131 e. The van der Waals surface area contributed by atoms with Crippen LogP contribution in [0.25, 0.3) is 0 Å². The minimum Gasteiger partial charge on any atom is -0.487 e. The molecule has 1 aromatic carbocycles. The third kappa shape index (κ3) is 3.82. The molecule has 0 aliphatic heterocycles. The summed E-state index contributed by atoms with van der Waals surface area (Å²) in [4.78, 5) is 0. The second kappa shape index (κ2) is 7.65. The lowest BCUT2D eigenvalue weighted by molar-refractivity contribution is 0.292. The van der Waals surface area contributed by atoms with Crippen molar-refractivity contribution in [2.75, 3.05) is 0 Å². The largest absolute Gasteiger partial charge is 0.487 e. The van der Waals surface area contributed by atoms with Gasteiger partial charge in [-0.2, -0.15) is 5.10 Å². The number of ether oxygens (including phenoxy) is 1. The van der Waals surface area contributed by atoms with Crippen LogP contribution >= 0.6 is 43.5 Å². The molecule has 2 aromatic rings. The van der Waals surface area contributed by atoms with E-state index >= 15 is 0 Å². The van der Waals surface area contributed by atoms with Crippen LogP contribution in [0.3, 0.4) is 0 Å². The van der Waals surface area contributed by atoms with Crippen molar-refractivity contribution in [3.63, 3.8) is 0 Å². The zero-order valence-corrected chi connectivity index (χ0v) is 15.9. The van der Waals surface area contributed by atoms with Gasteiger partial charge in [0.1, 0.15) is 12.4 Å². The zero-order chi connectivity index (χ0) is 15.4. The summed E-state index contributed by atoms with van der Waals surface area (Å²) in [6.45, 7) is 5.30. The van der Waals surface area contributed by atoms with Crippen LogP contribution in [0.4, 0.5) is 0 Å². The molecule has 1 aromatic heterocycles. The monoisotopic (exact) mass is 434 g/mol. The van der Waals surface area contributed by atoms with Crippen LogP contribution in [0.15, 0.2) is 22.7 Å². The maximum atomic E-state index is 6.38. The molecule has 3 nitrogen and oxygen atoms in total. The Balaban J connectivity index is 2.18. The minimum absolute atomic E-state index is 0.420. The molecule has 0 saturated heterocycles. The first kappa shape index (κ1) is 16.8. The third-order valence-electron chi connectivity index (χ3n) is 3.23. The summed E-state index contributed by atoms with van der Waals surface area (Å²) in [5, 5.41) is 5.99. The Labute approximate surface area is 146 Å². The molecule has 0 saturated carbocycles. The molecule has 6 heteroatoms. The number of aryl methyl sites for hydroxylation is 2.